The summed E-state index contributed by atoms with van der Waals surface area (Å²) in [5, 5.41) is 12.1. The molecule has 0 bridgehead atoms. The standard InChI is InChI=1S/C14H15NO4S/c1-3-12-15-9(8-20-12)7-19-13-10(14(16)17)5-4-6-11(13)18-2/h4-6,8H,3,7H2,1-2H3,(H,16,17). The summed E-state index contributed by atoms with van der Waals surface area (Å²) >= 11 is 1.57. The van der Waals surface area contributed by atoms with E-state index in [1.807, 2.05) is 12.3 Å². The van der Waals surface area contributed by atoms with E-state index in [0.717, 1.165) is 17.1 Å². The number of aromatic carboxylic acids is 1. The van der Waals surface area contributed by atoms with E-state index in [0.29, 0.717) is 5.75 Å². The Bertz CT molecular complexity index is 609. The molecule has 0 spiro atoms. The molecule has 2 aromatic rings. The van der Waals surface area contributed by atoms with Gasteiger partial charge in [0.2, 0.25) is 0 Å². The summed E-state index contributed by atoms with van der Waals surface area (Å²) in [7, 11) is 1.48. The SMILES string of the molecule is CCc1nc(COc2c(OC)cccc2C(=O)O)cs1. The lowest BCUT2D eigenvalue weighted by Gasteiger charge is -2.12. The second-order valence-corrected chi connectivity index (χ2v) is 4.96. The van der Waals surface area contributed by atoms with Crippen LogP contribution in [0.5, 0.6) is 11.5 Å². The predicted octanol–water partition coefficient (Wildman–Crippen LogP) is 2.99. The minimum absolute atomic E-state index is 0.0790. The lowest BCUT2D eigenvalue weighted by atomic mass is 10.2. The van der Waals surface area contributed by atoms with Crippen LogP contribution in [0.15, 0.2) is 23.6 Å². The topological polar surface area (TPSA) is 68.7 Å². The smallest absolute Gasteiger partial charge is 0.339 e. The first-order valence-electron chi connectivity index (χ1n) is 6.12. The molecule has 20 heavy (non-hydrogen) atoms. The Labute approximate surface area is 120 Å². The fourth-order valence-electron chi connectivity index (χ4n) is 1.72. The van der Waals surface area contributed by atoms with Gasteiger partial charge in [-0.25, -0.2) is 9.78 Å². The van der Waals surface area contributed by atoms with Crippen LogP contribution in [0.1, 0.15) is 28.0 Å². The molecule has 0 atom stereocenters. The lowest BCUT2D eigenvalue weighted by Crippen LogP contribution is -2.05. The highest BCUT2D eigenvalue weighted by molar-refractivity contribution is 7.09. The van der Waals surface area contributed by atoms with Crippen molar-refractivity contribution in [1.82, 2.24) is 4.98 Å². The molecule has 5 nitrogen and oxygen atoms in total. The lowest BCUT2D eigenvalue weighted by molar-refractivity contribution is 0.0690. The van der Waals surface area contributed by atoms with Gasteiger partial charge < -0.3 is 14.6 Å². The van der Waals surface area contributed by atoms with Crippen LogP contribution in [-0.2, 0) is 13.0 Å². The van der Waals surface area contributed by atoms with E-state index < -0.39 is 5.97 Å². The van der Waals surface area contributed by atoms with Crippen LogP contribution in [0, 0.1) is 0 Å². The van der Waals surface area contributed by atoms with Gasteiger partial charge in [-0.1, -0.05) is 13.0 Å². The molecule has 106 valence electrons. The third kappa shape index (κ3) is 3.08. The Kier molecular flexibility index (Phi) is 4.57. The molecule has 2 rings (SSSR count). The van der Waals surface area contributed by atoms with Crippen molar-refractivity contribution in [3.05, 3.63) is 39.8 Å². The van der Waals surface area contributed by atoms with Crippen LogP contribution >= 0.6 is 11.3 Å². The number of carbonyl (C=O) groups is 1. The molecule has 0 fully saturated rings. The quantitative estimate of drug-likeness (QED) is 0.886. The number of benzene rings is 1. The first-order valence-corrected chi connectivity index (χ1v) is 7.00. The summed E-state index contributed by atoms with van der Waals surface area (Å²) in [6, 6.07) is 4.77. The number of aromatic nitrogens is 1. The Hall–Kier alpha value is -2.08. The number of thiazole rings is 1. The minimum Gasteiger partial charge on any atom is -0.493 e. The average Bonchev–Trinajstić information content (AvgIpc) is 2.92. The third-order valence-corrected chi connectivity index (χ3v) is 3.74. The van der Waals surface area contributed by atoms with E-state index in [1.54, 1.807) is 23.5 Å². The van der Waals surface area contributed by atoms with E-state index in [4.69, 9.17) is 9.47 Å². The molecule has 1 heterocycles. The number of carboxylic acids is 1. The largest absolute Gasteiger partial charge is 0.493 e. The highest BCUT2D eigenvalue weighted by Crippen LogP contribution is 2.31. The van der Waals surface area contributed by atoms with Crippen molar-refractivity contribution in [3.8, 4) is 11.5 Å². The van der Waals surface area contributed by atoms with Crippen molar-refractivity contribution in [2.75, 3.05) is 7.11 Å². The number of hydrogen-bond donors (Lipinski definition) is 1. The normalized spacial score (nSPS) is 10.3. The van der Waals surface area contributed by atoms with Crippen molar-refractivity contribution >= 4 is 17.3 Å². The Balaban J connectivity index is 2.21. The summed E-state index contributed by atoms with van der Waals surface area (Å²) in [5.74, 6) is -0.421. The highest BCUT2D eigenvalue weighted by Gasteiger charge is 2.16. The maximum Gasteiger partial charge on any atom is 0.339 e. The highest BCUT2D eigenvalue weighted by atomic mass is 32.1. The van der Waals surface area contributed by atoms with Crippen molar-refractivity contribution in [3.63, 3.8) is 0 Å². The number of hydrogen-bond acceptors (Lipinski definition) is 5. The maximum atomic E-state index is 11.2. The molecule has 0 radical (unpaired) electrons. The molecule has 6 heteroatoms. The predicted molar refractivity (Wildman–Crippen MR) is 75.8 cm³/mol. The number of nitrogens with zero attached hydrogens (tertiary/aromatic N) is 1. The maximum absolute atomic E-state index is 11.2. The Morgan fingerprint density at radius 3 is 2.85 bits per heavy atom. The van der Waals surface area contributed by atoms with Crippen LogP contribution in [0.2, 0.25) is 0 Å². The molecule has 0 saturated carbocycles. The van der Waals surface area contributed by atoms with Crippen LogP contribution in [-0.4, -0.2) is 23.2 Å². The zero-order valence-corrected chi connectivity index (χ0v) is 12.1. The summed E-state index contributed by atoms with van der Waals surface area (Å²) < 4.78 is 10.7. The van der Waals surface area contributed by atoms with Crippen LogP contribution in [0.25, 0.3) is 0 Å². The second kappa shape index (κ2) is 6.38. The summed E-state index contributed by atoms with van der Waals surface area (Å²) in [6.45, 7) is 2.25. The van der Waals surface area contributed by atoms with Crippen molar-refractivity contribution < 1.29 is 19.4 Å². The number of para-hydroxylation sites is 1. The monoisotopic (exact) mass is 293 g/mol. The number of rotatable bonds is 6. The van der Waals surface area contributed by atoms with Gasteiger partial charge in [-0.2, -0.15) is 0 Å². The summed E-state index contributed by atoms with van der Waals surface area (Å²) in [6.07, 6.45) is 0.875. The van der Waals surface area contributed by atoms with Gasteiger partial charge in [0, 0.05) is 5.38 Å². The zero-order chi connectivity index (χ0) is 14.5. The van der Waals surface area contributed by atoms with Crippen molar-refractivity contribution in [2.24, 2.45) is 0 Å². The average molecular weight is 293 g/mol. The van der Waals surface area contributed by atoms with Crippen molar-refractivity contribution in [1.29, 1.82) is 0 Å². The van der Waals surface area contributed by atoms with Gasteiger partial charge in [0.15, 0.2) is 11.5 Å². The molecule has 0 unspecified atom stereocenters. The van der Waals surface area contributed by atoms with Gasteiger partial charge in [-0.3, -0.25) is 0 Å². The van der Waals surface area contributed by atoms with Crippen LogP contribution in [0.4, 0.5) is 0 Å². The molecule has 0 saturated heterocycles. The van der Waals surface area contributed by atoms with Crippen LogP contribution in [0.3, 0.4) is 0 Å². The van der Waals surface area contributed by atoms with E-state index in [9.17, 15) is 9.90 Å². The van der Waals surface area contributed by atoms with E-state index >= 15 is 0 Å². The first-order chi connectivity index (χ1) is 9.65. The molecule has 1 N–H and O–H groups in total. The van der Waals surface area contributed by atoms with Gasteiger partial charge in [0.25, 0.3) is 0 Å². The van der Waals surface area contributed by atoms with Crippen molar-refractivity contribution in [2.45, 2.75) is 20.0 Å². The molecule has 0 aliphatic carbocycles. The number of carboxylic acid groups (broad SMARTS) is 1. The number of aryl methyl sites for hydroxylation is 1. The summed E-state index contributed by atoms with van der Waals surface area (Å²) in [5.41, 5.74) is 0.865. The number of ether oxygens (including phenoxy) is 2. The molecule has 0 aliphatic rings. The Morgan fingerprint density at radius 2 is 2.25 bits per heavy atom. The second-order valence-electron chi connectivity index (χ2n) is 4.02. The first kappa shape index (κ1) is 14.3. The minimum atomic E-state index is -1.05. The van der Waals surface area contributed by atoms with Crippen LogP contribution < -0.4 is 9.47 Å². The number of methoxy groups -OCH3 is 1. The van der Waals surface area contributed by atoms with Gasteiger partial charge in [0.05, 0.1) is 17.8 Å². The van der Waals surface area contributed by atoms with E-state index in [2.05, 4.69) is 4.98 Å². The van der Waals surface area contributed by atoms with Gasteiger partial charge in [-0.05, 0) is 18.6 Å². The molecule has 0 amide bonds. The molecule has 0 aliphatic heterocycles. The molecule has 1 aromatic carbocycles. The molecular formula is C14H15NO4S. The van der Waals surface area contributed by atoms with Gasteiger partial charge in [0.1, 0.15) is 12.2 Å². The molecule has 1 aromatic heterocycles. The van der Waals surface area contributed by atoms with Gasteiger partial charge >= 0.3 is 5.97 Å². The summed E-state index contributed by atoms with van der Waals surface area (Å²) in [4.78, 5) is 15.6. The fraction of sp³-hybridized carbons (Fsp3) is 0.286. The molecular weight excluding hydrogens is 278 g/mol. The fourth-order valence-corrected chi connectivity index (χ4v) is 2.45. The third-order valence-electron chi connectivity index (χ3n) is 2.70. The van der Waals surface area contributed by atoms with E-state index in [1.165, 1.54) is 13.2 Å². The van der Waals surface area contributed by atoms with Gasteiger partial charge in [-0.15, -0.1) is 11.3 Å². The Morgan fingerprint density at radius 1 is 1.45 bits per heavy atom. The van der Waals surface area contributed by atoms with E-state index in [-0.39, 0.29) is 17.9 Å². The zero-order valence-electron chi connectivity index (χ0n) is 11.3.